The Morgan fingerprint density at radius 2 is 1.96 bits per heavy atom. The highest BCUT2D eigenvalue weighted by atomic mass is 16.5. The van der Waals surface area contributed by atoms with Gasteiger partial charge in [-0.3, -0.25) is 0 Å². The van der Waals surface area contributed by atoms with Crippen molar-refractivity contribution in [1.29, 1.82) is 0 Å². The minimum Gasteiger partial charge on any atom is -0.497 e. The minimum absolute atomic E-state index is 0.742. The molecular formula is C20H24N2O. The Balaban J connectivity index is 2.13. The molecule has 0 atom stereocenters. The molecule has 23 heavy (non-hydrogen) atoms. The highest BCUT2D eigenvalue weighted by Crippen LogP contribution is 2.33. The number of aryl methyl sites for hydroxylation is 2. The zero-order valence-corrected chi connectivity index (χ0v) is 13.9. The largest absolute Gasteiger partial charge is 0.497 e. The fourth-order valence-electron chi connectivity index (χ4n) is 3.11. The number of aromatic amines is 1. The summed E-state index contributed by atoms with van der Waals surface area (Å²) in [4.78, 5) is 3.60. The lowest BCUT2D eigenvalue weighted by atomic mass is 9.99. The van der Waals surface area contributed by atoms with Crippen molar-refractivity contribution in [2.45, 2.75) is 26.2 Å². The number of nitrogens with two attached hydrogens (primary N) is 1. The van der Waals surface area contributed by atoms with Crippen LogP contribution in [0.2, 0.25) is 0 Å². The van der Waals surface area contributed by atoms with Crippen LogP contribution in [0, 0.1) is 6.92 Å². The third kappa shape index (κ3) is 3.25. The smallest absolute Gasteiger partial charge is 0.119 e. The molecule has 3 nitrogen and oxygen atoms in total. The summed E-state index contributed by atoms with van der Waals surface area (Å²) < 4.78 is 5.40. The third-order valence-corrected chi connectivity index (χ3v) is 4.30. The molecule has 3 heteroatoms. The molecule has 0 spiro atoms. The fraction of sp³-hybridized carbons (Fsp3) is 0.300. The second-order valence-electron chi connectivity index (χ2n) is 6.01. The van der Waals surface area contributed by atoms with Crippen LogP contribution < -0.4 is 10.5 Å². The summed E-state index contributed by atoms with van der Waals surface area (Å²) in [5.41, 5.74) is 11.9. The Kier molecular flexibility index (Phi) is 4.68. The van der Waals surface area contributed by atoms with Crippen LogP contribution in [-0.4, -0.2) is 18.6 Å². The highest BCUT2D eigenvalue weighted by molar-refractivity contribution is 5.91. The van der Waals surface area contributed by atoms with Gasteiger partial charge in [0, 0.05) is 16.6 Å². The second kappa shape index (κ2) is 6.88. The normalized spacial score (nSPS) is 11.1. The number of methoxy groups -OCH3 is 1. The van der Waals surface area contributed by atoms with Gasteiger partial charge in [0.05, 0.1) is 7.11 Å². The molecular weight excluding hydrogens is 284 g/mol. The Morgan fingerprint density at radius 3 is 2.70 bits per heavy atom. The van der Waals surface area contributed by atoms with Crippen LogP contribution in [0.1, 0.15) is 24.0 Å². The van der Waals surface area contributed by atoms with E-state index in [0.29, 0.717) is 0 Å². The van der Waals surface area contributed by atoms with Crippen LogP contribution in [0.4, 0.5) is 0 Å². The molecule has 1 heterocycles. The van der Waals surface area contributed by atoms with Crippen molar-refractivity contribution in [3.63, 3.8) is 0 Å². The molecule has 0 aliphatic rings. The SMILES string of the molecule is COc1ccc2[nH]c(-c3cccc(C)c3)c(CCCCN)c2c1. The van der Waals surface area contributed by atoms with E-state index in [4.69, 9.17) is 10.5 Å². The van der Waals surface area contributed by atoms with Crippen LogP contribution in [0.25, 0.3) is 22.2 Å². The van der Waals surface area contributed by atoms with Crippen molar-refractivity contribution in [3.05, 3.63) is 53.6 Å². The summed E-state index contributed by atoms with van der Waals surface area (Å²) in [6.45, 7) is 2.87. The maximum absolute atomic E-state index is 5.67. The molecule has 0 unspecified atom stereocenters. The van der Waals surface area contributed by atoms with Crippen molar-refractivity contribution >= 4 is 10.9 Å². The van der Waals surface area contributed by atoms with E-state index in [9.17, 15) is 0 Å². The number of H-pyrrole nitrogens is 1. The van der Waals surface area contributed by atoms with Gasteiger partial charge in [-0.1, -0.05) is 23.8 Å². The first kappa shape index (κ1) is 15.6. The van der Waals surface area contributed by atoms with Gasteiger partial charge in [-0.15, -0.1) is 0 Å². The number of rotatable bonds is 6. The summed E-state index contributed by atoms with van der Waals surface area (Å²) in [5, 5.41) is 1.25. The molecule has 0 amide bonds. The minimum atomic E-state index is 0.742. The van der Waals surface area contributed by atoms with Crippen molar-refractivity contribution in [3.8, 4) is 17.0 Å². The van der Waals surface area contributed by atoms with Crippen LogP contribution in [0.5, 0.6) is 5.75 Å². The molecule has 0 fully saturated rings. The fourth-order valence-corrected chi connectivity index (χ4v) is 3.11. The first-order chi connectivity index (χ1) is 11.2. The lowest BCUT2D eigenvalue weighted by Gasteiger charge is -2.06. The molecule has 0 saturated carbocycles. The zero-order chi connectivity index (χ0) is 16.2. The molecule has 0 aliphatic carbocycles. The Morgan fingerprint density at radius 1 is 1.09 bits per heavy atom. The molecule has 1 aromatic heterocycles. The summed E-state index contributed by atoms with van der Waals surface area (Å²) >= 11 is 0. The molecule has 0 bridgehead atoms. The van der Waals surface area contributed by atoms with E-state index >= 15 is 0 Å². The number of unbranched alkanes of at least 4 members (excludes halogenated alkanes) is 1. The van der Waals surface area contributed by atoms with E-state index in [1.807, 2.05) is 6.07 Å². The van der Waals surface area contributed by atoms with E-state index in [1.54, 1.807) is 7.11 Å². The average Bonchev–Trinajstić information content (AvgIpc) is 2.93. The monoisotopic (exact) mass is 308 g/mol. The molecule has 0 radical (unpaired) electrons. The Bertz CT molecular complexity index is 805. The van der Waals surface area contributed by atoms with E-state index in [2.05, 4.69) is 48.3 Å². The Labute approximate surface area is 137 Å². The van der Waals surface area contributed by atoms with E-state index in [0.717, 1.165) is 37.1 Å². The van der Waals surface area contributed by atoms with Crippen molar-refractivity contribution in [2.75, 3.05) is 13.7 Å². The predicted octanol–water partition coefficient (Wildman–Crippen LogP) is 4.43. The van der Waals surface area contributed by atoms with Gasteiger partial charge in [-0.05, 0) is 68.1 Å². The standard InChI is InChI=1S/C20H24N2O/c1-14-6-5-7-15(12-14)20-17(8-3-4-11-21)18-13-16(23-2)9-10-19(18)22-20/h5-7,9-10,12-13,22H,3-4,8,11,21H2,1-2H3. The van der Waals surface area contributed by atoms with Gasteiger partial charge in [0.1, 0.15) is 5.75 Å². The number of aromatic nitrogens is 1. The highest BCUT2D eigenvalue weighted by Gasteiger charge is 2.13. The van der Waals surface area contributed by atoms with Crippen LogP contribution in [-0.2, 0) is 6.42 Å². The Hall–Kier alpha value is -2.26. The number of hydrogen-bond acceptors (Lipinski definition) is 2. The van der Waals surface area contributed by atoms with Crippen molar-refractivity contribution < 1.29 is 4.74 Å². The second-order valence-corrected chi connectivity index (χ2v) is 6.01. The van der Waals surface area contributed by atoms with Gasteiger partial charge in [0.2, 0.25) is 0 Å². The van der Waals surface area contributed by atoms with Crippen LogP contribution in [0.15, 0.2) is 42.5 Å². The van der Waals surface area contributed by atoms with Gasteiger partial charge >= 0.3 is 0 Å². The lowest BCUT2D eigenvalue weighted by molar-refractivity contribution is 0.415. The van der Waals surface area contributed by atoms with Crippen molar-refractivity contribution in [1.82, 2.24) is 4.98 Å². The first-order valence-electron chi connectivity index (χ1n) is 8.18. The summed E-state index contributed by atoms with van der Waals surface area (Å²) in [5.74, 6) is 0.896. The zero-order valence-electron chi connectivity index (χ0n) is 13.9. The topological polar surface area (TPSA) is 51.0 Å². The quantitative estimate of drug-likeness (QED) is 0.662. The maximum atomic E-state index is 5.67. The van der Waals surface area contributed by atoms with E-state index in [-0.39, 0.29) is 0 Å². The molecule has 120 valence electrons. The number of benzene rings is 2. The summed E-state index contributed by atoms with van der Waals surface area (Å²) in [6.07, 6.45) is 3.16. The predicted molar refractivity (Wildman–Crippen MR) is 97.0 cm³/mol. The molecule has 3 N–H and O–H groups in total. The summed E-state index contributed by atoms with van der Waals surface area (Å²) in [7, 11) is 1.71. The molecule has 3 aromatic rings. The van der Waals surface area contributed by atoms with Crippen LogP contribution >= 0.6 is 0 Å². The first-order valence-corrected chi connectivity index (χ1v) is 8.18. The molecule has 0 saturated heterocycles. The lowest BCUT2D eigenvalue weighted by Crippen LogP contribution is -1.99. The number of hydrogen-bond donors (Lipinski definition) is 2. The van der Waals surface area contributed by atoms with Gasteiger partial charge in [-0.25, -0.2) is 0 Å². The van der Waals surface area contributed by atoms with Gasteiger partial charge < -0.3 is 15.5 Å². The molecule has 3 rings (SSSR count). The van der Waals surface area contributed by atoms with E-state index in [1.165, 1.54) is 27.8 Å². The summed E-state index contributed by atoms with van der Waals surface area (Å²) in [6, 6.07) is 14.9. The molecule has 0 aliphatic heterocycles. The van der Waals surface area contributed by atoms with Crippen LogP contribution in [0.3, 0.4) is 0 Å². The van der Waals surface area contributed by atoms with Gasteiger partial charge in [-0.2, -0.15) is 0 Å². The molecule has 2 aromatic carbocycles. The van der Waals surface area contributed by atoms with Crippen molar-refractivity contribution in [2.24, 2.45) is 5.73 Å². The maximum Gasteiger partial charge on any atom is 0.119 e. The third-order valence-electron chi connectivity index (χ3n) is 4.30. The van der Waals surface area contributed by atoms with Gasteiger partial charge in [0.15, 0.2) is 0 Å². The van der Waals surface area contributed by atoms with E-state index < -0.39 is 0 Å². The number of fused-ring (bicyclic) bond motifs is 1. The van der Waals surface area contributed by atoms with Gasteiger partial charge in [0.25, 0.3) is 0 Å². The number of ether oxygens (including phenoxy) is 1. The number of nitrogens with one attached hydrogen (secondary N) is 1. The average molecular weight is 308 g/mol.